The van der Waals surface area contributed by atoms with Crippen LogP contribution in [-0.2, 0) is 10.0 Å². The maximum absolute atomic E-state index is 12.5. The van der Waals surface area contributed by atoms with Crippen LogP contribution in [0.4, 0.5) is 0 Å². The number of rotatable bonds is 3. The van der Waals surface area contributed by atoms with E-state index in [2.05, 4.69) is 9.71 Å². The van der Waals surface area contributed by atoms with Crippen molar-refractivity contribution in [3.05, 3.63) is 16.7 Å². The zero-order chi connectivity index (χ0) is 14.3. The van der Waals surface area contributed by atoms with Gasteiger partial charge in [0.15, 0.2) is 15.1 Å². The second kappa shape index (κ2) is 5.27. The molecule has 2 heterocycles. The summed E-state index contributed by atoms with van der Waals surface area (Å²) in [5.41, 5.74) is 0. The van der Waals surface area contributed by atoms with E-state index in [4.69, 9.17) is 11.6 Å². The molecule has 0 saturated heterocycles. The van der Waals surface area contributed by atoms with Gasteiger partial charge < -0.3 is 5.11 Å². The molecule has 0 bridgehead atoms. The maximum Gasteiger partial charge on any atom is 0.260 e. The highest BCUT2D eigenvalue weighted by Gasteiger charge is 2.31. The number of halogens is 1. The number of nitrogens with zero attached hydrogens (tertiary/aromatic N) is 2. The van der Waals surface area contributed by atoms with Gasteiger partial charge in [0.2, 0.25) is 0 Å². The van der Waals surface area contributed by atoms with Gasteiger partial charge in [0.1, 0.15) is 0 Å². The molecule has 0 aliphatic heterocycles. The Bertz CT molecular complexity index is 724. The second-order valence-corrected chi connectivity index (χ2v) is 7.70. The van der Waals surface area contributed by atoms with Crippen LogP contribution in [0, 0.1) is 0 Å². The number of nitrogens with one attached hydrogen (secondary N) is 1. The van der Waals surface area contributed by atoms with Gasteiger partial charge in [-0.05, 0) is 12.8 Å². The SMILES string of the molecule is O=S(=O)(NC1CCCCC1O)c1c(Cl)nc2sccn12. The summed E-state index contributed by atoms with van der Waals surface area (Å²) < 4.78 is 29.0. The van der Waals surface area contributed by atoms with Crippen molar-refractivity contribution in [1.29, 1.82) is 0 Å². The van der Waals surface area contributed by atoms with Crippen LogP contribution < -0.4 is 4.72 Å². The van der Waals surface area contributed by atoms with E-state index in [0.717, 1.165) is 12.8 Å². The molecule has 2 aromatic heterocycles. The summed E-state index contributed by atoms with van der Waals surface area (Å²) in [6, 6.07) is -0.464. The first-order valence-electron chi connectivity index (χ1n) is 6.30. The molecule has 2 unspecified atom stereocenters. The highest BCUT2D eigenvalue weighted by atomic mass is 35.5. The summed E-state index contributed by atoms with van der Waals surface area (Å²) >= 11 is 7.25. The molecule has 9 heteroatoms. The molecular formula is C11H14ClN3O3S2. The third-order valence-electron chi connectivity index (χ3n) is 3.47. The number of sulfonamides is 1. The van der Waals surface area contributed by atoms with Crippen molar-refractivity contribution in [2.45, 2.75) is 42.9 Å². The summed E-state index contributed by atoms with van der Waals surface area (Å²) in [7, 11) is -3.81. The minimum Gasteiger partial charge on any atom is -0.391 e. The van der Waals surface area contributed by atoms with Crippen LogP contribution in [0.25, 0.3) is 4.96 Å². The van der Waals surface area contributed by atoms with E-state index in [1.807, 2.05) is 0 Å². The number of aromatic nitrogens is 2. The monoisotopic (exact) mass is 335 g/mol. The standard InChI is InChI=1S/C11H14ClN3O3S2/c12-9-10(15-5-6-19-11(15)13-9)20(17,18)14-7-3-1-2-4-8(7)16/h5-8,14,16H,1-4H2. The minimum atomic E-state index is -3.81. The minimum absolute atomic E-state index is 0.0466. The largest absolute Gasteiger partial charge is 0.391 e. The van der Waals surface area contributed by atoms with E-state index < -0.39 is 22.2 Å². The summed E-state index contributed by atoms with van der Waals surface area (Å²) in [5.74, 6) is 0. The molecule has 0 radical (unpaired) electrons. The van der Waals surface area contributed by atoms with Crippen LogP contribution in [0.15, 0.2) is 16.6 Å². The van der Waals surface area contributed by atoms with Crippen LogP contribution in [0.2, 0.25) is 5.15 Å². The lowest BCUT2D eigenvalue weighted by molar-refractivity contribution is 0.101. The third kappa shape index (κ3) is 2.46. The lowest BCUT2D eigenvalue weighted by atomic mass is 9.93. The van der Waals surface area contributed by atoms with Gasteiger partial charge in [0.05, 0.1) is 6.10 Å². The highest BCUT2D eigenvalue weighted by Crippen LogP contribution is 2.27. The fraction of sp³-hybridized carbons (Fsp3) is 0.545. The Hall–Kier alpha value is -0.670. The predicted octanol–water partition coefficient (Wildman–Crippen LogP) is 1.63. The van der Waals surface area contributed by atoms with Crippen molar-refractivity contribution in [3.8, 4) is 0 Å². The molecule has 3 rings (SSSR count). The smallest absolute Gasteiger partial charge is 0.260 e. The fourth-order valence-electron chi connectivity index (χ4n) is 2.48. The highest BCUT2D eigenvalue weighted by molar-refractivity contribution is 7.89. The van der Waals surface area contributed by atoms with Gasteiger partial charge in [-0.15, -0.1) is 11.3 Å². The lowest BCUT2D eigenvalue weighted by Gasteiger charge is -2.27. The molecule has 0 amide bonds. The summed E-state index contributed by atoms with van der Waals surface area (Å²) in [6.45, 7) is 0. The number of imidazole rings is 1. The molecule has 110 valence electrons. The lowest BCUT2D eigenvalue weighted by Crippen LogP contribution is -2.45. The van der Waals surface area contributed by atoms with Gasteiger partial charge in [0.25, 0.3) is 10.0 Å². The molecule has 2 N–H and O–H groups in total. The average Bonchev–Trinajstić information content (AvgIpc) is 2.91. The molecule has 0 aromatic carbocycles. The molecule has 6 nitrogen and oxygen atoms in total. The van der Waals surface area contributed by atoms with Gasteiger partial charge in [-0.1, -0.05) is 24.4 Å². The van der Waals surface area contributed by atoms with Crippen LogP contribution in [0.1, 0.15) is 25.7 Å². The Labute approximate surface area is 125 Å². The van der Waals surface area contributed by atoms with Crippen molar-refractivity contribution in [2.75, 3.05) is 0 Å². The predicted molar refractivity (Wildman–Crippen MR) is 76.7 cm³/mol. The molecular weight excluding hydrogens is 322 g/mol. The topological polar surface area (TPSA) is 83.7 Å². The molecule has 1 aliphatic carbocycles. The summed E-state index contributed by atoms with van der Waals surface area (Å²) in [4.78, 5) is 4.54. The zero-order valence-corrected chi connectivity index (χ0v) is 12.9. The summed E-state index contributed by atoms with van der Waals surface area (Å²) in [6.07, 6.45) is 4.03. The number of aliphatic hydroxyl groups excluding tert-OH is 1. The van der Waals surface area contributed by atoms with Crippen LogP contribution >= 0.6 is 22.9 Å². The first-order chi connectivity index (χ1) is 9.49. The van der Waals surface area contributed by atoms with Crippen LogP contribution in [-0.4, -0.2) is 35.1 Å². The third-order valence-corrected chi connectivity index (χ3v) is 6.11. The zero-order valence-electron chi connectivity index (χ0n) is 10.5. The molecule has 2 atom stereocenters. The first kappa shape index (κ1) is 14.3. The maximum atomic E-state index is 12.5. The molecule has 1 fully saturated rings. The van der Waals surface area contributed by atoms with Crippen molar-refractivity contribution in [2.24, 2.45) is 0 Å². The van der Waals surface area contributed by atoms with Crippen molar-refractivity contribution in [3.63, 3.8) is 0 Å². The van der Waals surface area contributed by atoms with Gasteiger partial charge >= 0.3 is 0 Å². The van der Waals surface area contributed by atoms with Gasteiger partial charge in [0, 0.05) is 17.6 Å². The van der Waals surface area contributed by atoms with Crippen LogP contribution in [0.3, 0.4) is 0 Å². The Morgan fingerprint density at radius 2 is 2.20 bits per heavy atom. The van der Waals surface area contributed by atoms with Gasteiger partial charge in [-0.25, -0.2) is 18.1 Å². The first-order valence-corrected chi connectivity index (χ1v) is 9.04. The van der Waals surface area contributed by atoms with Crippen molar-refractivity contribution >= 4 is 37.9 Å². The normalized spacial score (nSPS) is 24.3. The Kier molecular flexibility index (Phi) is 3.76. The van der Waals surface area contributed by atoms with E-state index in [0.29, 0.717) is 17.8 Å². The average molecular weight is 336 g/mol. The number of hydrogen-bond acceptors (Lipinski definition) is 5. The van der Waals surface area contributed by atoms with E-state index in [9.17, 15) is 13.5 Å². The molecule has 1 saturated carbocycles. The van der Waals surface area contributed by atoms with E-state index in [1.54, 1.807) is 11.6 Å². The Balaban J connectivity index is 1.95. The number of hydrogen-bond donors (Lipinski definition) is 2. The van der Waals surface area contributed by atoms with E-state index in [1.165, 1.54) is 15.7 Å². The molecule has 20 heavy (non-hydrogen) atoms. The van der Waals surface area contributed by atoms with Crippen LogP contribution in [0.5, 0.6) is 0 Å². The number of aliphatic hydroxyl groups is 1. The molecule has 2 aromatic rings. The van der Waals surface area contributed by atoms with E-state index >= 15 is 0 Å². The molecule has 0 spiro atoms. The number of fused-ring (bicyclic) bond motifs is 1. The number of thiazole rings is 1. The van der Waals surface area contributed by atoms with Gasteiger partial charge in [-0.2, -0.15) is 0 Å². The van der Waals surface area contributed by atoms with Crippen molar-refractivity contribution < 1.29 is 13.5 Å². The van der Waals surface area contributed by atoms with E-state index in [-0.39, 0.29) is 10.2 Å². The second-order valence-electron chi connectivity index (χ2n) is 4.84. The molecule has 1 aliphatic rings. The summed E-state index contributed by atoms with van der Waals surface area (Å²) in [5, 5.41) is 11.5. The Morgan fingerprint density at radius 3 is 2.95 bits per heavy atom. The quantitative estimate of drug-likeness (QED) is 0.893. The van der Waals surface area contributed by atoms with Crippen molar-refractivity contribution in [1.82, 2.24) is 14.1 Å². The fourth-order valence-corrected chi connectivity index (χ4v) is 5.24. The van der Waals surface area contributed by atoms with Gasteiger partial charge in [-0.3, -0.25) is 4.40 Å². The Morgan fingerprint density at radius 1 is 1.45 bits per heavy atom.